The van der Waals surface area contributed by atoms with E-state index in [1.165, 1.54) is 14.2 Å². The number of amides is 4. The number of hydrogen-bond donors (Lipinski definition) is 2. The van der Waals surface area contributed by atoms with Crippen molar-refractivity contribution in [1.82, 2.24) is 10.2 Å². The molecular formula is C19H25N3O5. The van der Waals surface area contributed by atoms with Gasteiger partial charge in [-0.3, -0.25) is 14.5 Å². The summed E-state index contributed by atoms with van der Waals surface area (Å²) in [5, 5.41) is 5.53. The third kappa shape index (κ3) is 3.56. The molecule has 2 fully saturated rings. The minimum Gasteiger partial charge on any atom is -0.497 e. The Kier molecular flexibility index (Phi) is 5.25. The standard InChI is InChI=1S/C19H25N3O5/c1-12-6-4-5-7-19(12)17(24)22(18(25)21-19)11-16(23)20-13-8-14(26-2)10-15(9-13)27-3/h8-10,12H,4-7,11H2,1-3H3,(H,20,23)(H,21,25)/t12-,19-/m0/s1. The van der Waals surface area contributed by atoms with Gasteiger partial charge in [0.25, 0.3) is 5.91 Å². The molecule has 1 saturated heterocycles. The number of hydrogen-bond acceptors (Lipinski definition) is 5. The van der Waals surface area contributed by atoms with Gasteiger partial charge in [0, 0.05) is 23.9 Å². The number of ether oxygens (including phenoxy) is 2. The predicted octanol–water partition coefficient (Wildman–Crippen LogP) is 2.14. The Balaban J connectivity index is 1.71. The second kappa shape index (κ2) is 7.46. The highest BCUT2D eigenvalue weighted by molar-refractivity contribution is 6.10. The van der Waals surface area contributed by atoms with Crippen molar-refractivity contribution in [2.75, 3.05) is 26.1 Å². The smallest absolute Gasteiger partial charge is 0.325 e. The van der Waals surface area contributed by atoms with Gasteiger partial charge in [-0.1, -0.05) is 19.8 Å². The summed E-state index contributed by atoms with van der Waals surface area (Å²) in [6.45, 7) is 1.64. The lowest BCUT2D eigenvalue weighted by Gasteiger charge is -2.36. The summed E-state index contributed by atoms with van der Waals surface area (Å²) in [5.74, 6) is 0.329. The lowest BCUT2D eigenvalue weighted by molar-refractivity contribution is -0.136. The molecule has 8 heteroatoms. The molecule has 0 bridgehead atoms. The van der Waals surface area contributed by atoms with Crippen LogP contribution in [0.5, 0.6) is 11.5 Å². The quantitative estimate of drug-likeness (QED) is 0.769. The number of rotatable bonds is 5. The highest BCUT2D eigenvalue weighted by Crippen LogP contribution is 2.38. The monoisotopic (exact) mass is 375 g/mol. The predicted molar refractivity (Wildman–Crippen MR) is 98.8 cm³/mol. The summed E-state index contributed by atoms with van der Waals surface area (Å²) >= 11 is 0. The molecule has 4 amide bonds. The van der Waals surface area contributed by atoms with Crippen molar-refractivity contribution in [1.29, 1.82) is 0 Å². The van der Waals surface area contributed by atoms with Crippen molar-refractivity contribution in [3.63, 3.8) is 0 Å². The first-order valence-electron chi connectivity index (χ1n) is 9.06. The SMILES string of the molecule is COc1cc(NC(=O)CN2C(=O)N[C@]3(CCCC[C@@H]3C)C2=O)cc(OC)c1. The number of nitrogens with zero attached hydrogens (tertiary/aromatic N) is 1. The van der Waals surface area contributed by atoms with Crippen LogP contribution in [0.3, 0.4) is 0 Å². The van der Waals surface area contributed by atoms with Crippen LogP contribution in [0, 0.1) is 5.92 Å². The highest BCUT2D eigenvalue weighted by atomic mass is 16.5. The maximum absolute atomic E-state index is 12.9. The highest BCUT2D eigenvalue weighted by Gasteiger charge is 2.55. The molecule has 0 aromatic heterocycles. The molecule has 0 radical (unpaired) electrons. The average molecular weight is 375 g/mol. The minimum absolute atomic E-state index is 0.0541. The van der Waals surface area contributed by atoms with Crippen LogP contribution in [0.25, 0.3) is 0 Å². The Morgan fingerprint density at radius 3 is 2.48 bits per heavy atom. The first-order chi connectivity index (χ1) is 12.9. The van der Waals surface area contributed by atoms with E-state index in [0.29, 0.717) is 23.6 Å². The number of urea groups is 1. The van der Waals surface area contributed by atoms with Crippen molar-refractivity contribution in [2.45, 2.75) is 38.1 Å². The molecular weight excluding hydrogens is 350 g/mol. The van der Waals surface area contributed by atoms with Crippen LogP contribution in [0.4, 0.5) is 10.5 Å². The van der Waals surface area contributed by atoms with Gasteiger partial charge in [0.1, 0.15) is 23.6 Å². The molecule has 2 atom stereocenters. The molecule has 1 aromatic rings. The molecule has 1 heterocycles. The van der Waals surface area contributed by atoms with E-state index in [2.05, 4.69) is 10.6 Å². The van der Waals surface area contributed by atoms with Crippen molar-refractivity contribution < 1.29 is 23.9 Å². The fourth-order valence-corrected chi connectivity index (χ4v) is 3.86. The first kappa shape index (κ1) is 19.0. The number of carbonyl (C=O) groups excluding carboxylic acids is 3. The van der Waals surface area contributed by atoms with Crippen LogP contribution >= 0.6 is 0 Å². The van der Waals surface area contributed by atoms with Gasteiger partial charge in [0.15, 0.2) is 0 Å². The summed E-state index contributed by atoms with van der Waals surface area (Å²) in [5.41, 5.74) is -0.404. The van der Waals surface area contributed by atoms with E-state index < -0.39 is 17.5 Å². The van der Waals surface area contributed by atoms with E-state index >= 15 is 0 Å². The topological polar surface area (TPSA) is 97.0 Å². The second-order valence-corrected chi connectivity index (χ2v) is 7.09. The fraction of sp³-hybridized carbons (Fsp3) is 0.526. The van der Waals surface area contributed by atoms with E-state index in [1.807, 2.05) is 6.92 Å². The van der Waals surface area contributed by atoms with E-state index in [-0.39, 0.29) is 18.4 Å². The van der Waals surface area contributed by atoms with Crippen molar-refractivity contribution in [3.8, 4) is 11.5 Å². The van der Waals surface area contributed by atoms with Crippen molar-refractivity contribution >= 4 is 23.5 Å². The molecule has 8 nitrogen and oxygen atoms in total. The van der Waals surface area contributed by atoms with E-state index in [1.54, 1.807) is 18.2 Å². The maximum Gasteiger partial charge on any atom is 0.325 e. The Morgan fingerprint density at radius 1 is 1.22 bits per heavy atom. The molecule has 2 aliphatic rings. The number of anilines is 1. The molecule has 1 aromatic carbocycles. The molecule has 1 aliphatic heterocycles. The van der Waals surface area contributed by atoms with Crippen LogP contribution < -0.4 is 20.1 Å². The summed E-state index contributed by atoms with van der Waals surface area (Å²) in [6.07, 6.45) is 3.43. The number of benzene rings is 1. The molecule has 27 heavy (non-hydrogen) atoms. The lowest BCUT2D eigenvalue weighted by atomic mass is 9.73. The molecule has 2 N–H and O–H groups in total. The third-order valence-corrected chi connectivity index (χ3v) is 5.44. The maximum atomic E-state index is 12.9. The molecule has 1 saturated carbocycles. The Hall–Kier alpha value is -2.77. The van der Waals surface area contributed by atoms with Gasteiger partial charge in [-0.15, -0.1) is 0 Å². The first-order valence-corrected chi connectivity index (χ1v) is 9.06. The van der Waals surface area contributed by atoms with Crippen LogP contribution in [0.1, 0.15) is 32.6 Å². The normalized spacial score (nSPS) is 24.7. The zero-order chi connectivity index (χ0) is 19.6. The molecule has 146 valence electrons. The summed E-state index contributed by atoms with van der Waals surface area (Å²) < 4.78 is 10.3. The molecule has 1 aliphatic carbocycles. The minimum atomic E-state index is -0.866. The van der Waals surface area contributed by atoms with Crippen LogP contribution in [-0.4, -0.2) is 49.0 Å². The third-order valence-electron chi connectivity index (χ3n) is 5.44. The molecule has 1 spiro atoms. The van der Waals surface area contributed by atoms with E-state index in [9.17, 15) is 14.4 Å². The zero-order valence-electron chi connectivity index (χ0n) is 15.8. The molecule has 0 unspecified atom stereocenters. The van der Waals surface area contributed by atoms with E-state index in [0.717, 1.165) is 24.2 Å². The number of imide groups is 1. The average Bonchev–Trinajstić information content (AvgIpc) is 2.88. The van der Waals surface area contributed by atoms with Crippen LogP contribution in [0.2, 0.25) is 0 Å². The summed E-state index contributed by atoms with van der Waals surface area (Å²) in [6, 6.07) is 4.45. The van der Waals surface area contributed by atoms with Gasteiger partial charge in [0.05, 0.1) is 14.2 Å². The van der Waals surface area contributed by atoms with Gasteiger partial charge in [-0.05, 0) is 18.8 Å². The van der Waals surface area contributed by atoms with E-state index in [4.69, 9.17) is 9.47 Å². The van der Waals surface area contributed by atoms with Crippen LogP contribution in [-0.2, 0) is 9.59 Å². The lowest BCUT2D eigenvalue weighted by Crippen LogP contribution is -2.54. The number of carbonyl (C=O) groups is 3. The van der Waals surface area contributed by atoms with Crippen molar-refractivity contribution in [2.24, 2.45) is 5.92 Å². The van der Waals surface area contributed by atoms with Crippen molar-refractivity contribution in [3.05, 3.63) is 18.2 Å². The molecule has 3 rings (SSSR count). The van der Waals surface area contributed by atoms with Crippen LogP contribution in [0.15, 0.2) is 18.2 Å². The largest absolute Gasteiger partial charge is 0.497 e. The van der Waals surface area contributed by atoms with Gasteiger partial charge >= 0.3 is 6.03 Å². The summed E-state index contributed by atoms with van der Waals surface area (Å²) in [7, 11) is 3.02. The van der Waals surface area contributed by atoms with Gasteiger partial charge < -0.3 is 20.1 Å². The van der Waals surface area contributed by atoms with Gasteiger partial charge in [-0.25, -0.2) is 4.79 Å². The van der Waals surface area contributed by atoms with Gasteiger partial charge in [-0.2, -0.15) is 0 Å². The number of methoxy groups -OCH3 is 2. The fourth-order valence-electron chi connectivity index (χ4n) is 3.86. The summed E-state index contributed by atoms with van der Waals surface area (Å²) in [4.78, 5) is 38.7. The number of nitrogens with one attached hydrogen (secondary N) is 2. The Labute approximate surface area is 158 Å². The zero-order valence-corrected chi connectivity index (χ0v) is 15.8. The Morgan fingerprint density at radius 2 is 1.89 bits per heavy atom. The second-order valence-electron chi connectivity index (χ2n) is 7.09. The van der Waals surface area contributed by atoms with Gasteiger partial charge in [0.2, 0.25) is 5.91 Å². The Bertz CT molecular complexity index is 743.